The van der Waals surface area contributed by atoms with E-state index >= 15 is 0 Å². The molecule has 1 N–H and O–H groups in total. The Bertz CT molecular complexity index is 652. The highest BCUT2D eigenvalue weighted by atomic mass is 35.5. The van der Waals surface area contributed by atoms with Crippen molar-refractivity contribution in [2.24, 2.45) is 0 Å². The number of hydrogen-bond donors (Lipinski definition) is 1. The van der Waals surface area contributed by atoms with Gasteiger partial charge in [0.25, 0.3) is 0 Å². The van der Waals surface area contributed by atoms with Gasteiger partial charge in [0.2, 0.25) is 0 Å². The third-order valence-electron chi connectivity index (χ3n) is 2.54. The van der Waals surface area contributed by atoms with Gasteiger partial charge in [-0.3, -0.25) is 0 Å². The number of aryl methyl sites for hydroxylation is 1. The maximum absolute atomic E-state index is 8.98. The Balaban J connectivity index is 2.44. The number of nitrogens with zero attached hydrogens (tertiary/aromatic N) is 3. The zero-order valence-electron chi connectivity index (χ0n) is 10.4. The number of nitrogens with one attached hydrogen (secondary N) is 1. The van der Waals surface area contributed by atoms with Gasteiger partial charge in [0.1, 0.15) is 11.8 Å². The zero-order chi connectivity index (χ0) is 13.8. The molecule has 0 radical (unpaired) electrons. The van der Waals surface area contributed by atoms with Crippen molar-refractivity contribution in [1.82, 2.24) is 9.97 Å². The van der Waals surface area contributed by atoms with Crippen LogP contribution in [0.3, 0.4) is 0 Å². The predicted octanol–water partition coefficient (Wildman–Crippen LogP) is 3.06. The summed E-state index contributed by atoms with van der Waals surface area (Å²) in [7, 11) is 1.55. The topological polar surface area (TPSA) is 70.8 Å². The number of anilines is 2. The number of aromatic nitrogens is 2. The van der Waals surface area contributed by atoms with E-state index in [4.69, 9.17) is 21.6 Å². The molecule has 1 heterocycles. The third-order valence-corrected chi connectivity index (χ3v) is 2.95. The van der Waals surface area contributed by atoms with Crippen LogP contribution in [-0.4, -0.2) is 17.1 Å². The standard InChI is InChI=1S/C13H11ClN4O/c1-8-5-10(12(19-2)6-9(8)14)18-13-11(7-15)16-3-4-17-13/h3-6H,1-2H3,(H,17,18). The summed E-state index contributed by atoms with van der Waals surface area (Å²) in [6, 6.07) is 5.52. The van der Waals surface area contributed by atoms with Crippen molar-refractivity contribution in [3.05, 3.63) is 40.8 Å². The van der Waals surface area contributed by atoms with Crippen LogP contribution in [0.5, 0.6) is 5.75 Å². The lowest BCUT2D eigenvalue weighted by Gasteiger charge is -2.12. The van der Waals surface area contributed by atoms with Crippen LogP contribution >= 0.6 is 11.6 Å². The number of methoxy groups -OCH3 is 1. The predicted molar refractivity (Wildman–Crippen MR) is 72.8 cm³/mol. The molecule has 0 bridgehead atoms. The molecule has 0 fully saturated rings. The average Bonchev–Trinajstić information content (AvgIpc) is 2.43. The molecule has 2 aromatic rings. The van der Waals surface area contributed by atoms with Crippen molar-refractivity contribution >= 4 is 23.1 Å². The lowest BCUT2D eigenvalue weighted by molar-refractivity contribution is 0.416. The van der Waals surface area contributed by atoms with Crippen molar-refractivity contribution in [2.75, 3.05) is 12.4 Å². The molecule has 0 spiro atoms. The molecule has 19 heavy (non-hydrogen) atoms. The minimum atomic E-state index is 0.220. The SMILES string of the molecule is COc1cc(Cl)c(C)cc1Nc1nccnc1C#N. The summed E-state index contributed by atoms with van der Waals surface area (Å²) in [6.07, 6.45) is 2.98. The summed E-state index contributed by atoms with van der Waals surface area (Å²) in [5.74, 6) is 0.954. The smallest absolute Gasteiger partial charge is 0.183 e. The number of benzene rings is 1. The van der Waals surface area contributed by atoms with Crippen molar-refractivity contribution in [3.63, 3.8) is 0 Å². The summed E-state index contributed by atoms with van der Waals surface area (Å²) >= 11 is 6.04. The molecule has 5 nitrogen and oxygen atoms in total. The molecule has 0 amide bonds. The van der Waals surface area contributed by atoms with E-state index in [0.29, 0.717) is 22.3 Å². The second kappa shape index (κ2) is 5.55. The normalized spacial score (nSPS) is 9.79. The Kier molecular flexibility index (Phi) is 3.83. The van der Waals surface area contributed by atoms with E-state index in [1.807, 2.05) is 19.1 Å². The van der Waals surface area contributed by atoms with Crippen LogP contribution in [0.2, 0.25) is 5.02 Å². The van der Waals surface area contributed by atoms with Crippen molar-refractivity contribution < 1.29 is 4.74 Å². The molecular formula is C13H11ClN4O. The fourth-order valence-corrected chi connectivity index (χ4v) is 1.72. The van der Waals surface area contributed by atoms with Gasteiger partial charge in [0, 0.05) is 23.5 Å². The molecule has 0 atom stereocenters. The van der Waals surface area contributed by atoms with Crippen LogP contribution in [0.1, 0.15) is 11.3 Å². The molecule has 0 unspecified atom stereocenters. The molecule has 0 saturated heterocycles. The number of rotatable bonds is 3. The van der Waals surface area contributed by atoms with Crippen LogP contribution in [0, 0.1) is 18.3 Å². The maximum Gasteiger partial charge on any atom is 0.183 e. The summed E-state index contributed by atoms with van der Waals surface area (Å²) in [5.41, 5.74) is 1.80. The number of halogens is 1. The monoisotopic (exact) mass is 274 g/mol. The molecule has 0 aliphatic heterocycles. The highest BCUT2D eigenvalue weighted by Gasteiger charge is 2.10. The summed E-state index contributed by atoms with van der Waals surface area (Å²) in [4.78, 5) is 8.02. The molecular weight excluding hydrogens is 264 g/mol. The largest absolute Gasteiger partial charge is 0.495 e. The first-order valence-electron chi connectivity index (χ1n) is 5.48. The van der Waals surface area contributed by atoms with E-state index in [1.165, 1.54) is 12.4 Å². The highest BCUT2D eigenvalue weighted by Crippen LogP contribution is 2.32. The Hall–Kier alpha value is -2.32. The quantitative estimate of drug-likeness (QED) is 0.931. The summed E-state index contributed by atoms with van der Waals surface area (Å²) in [6.45, 7) is 1.88. The van der Waals surface area contributed by atoms with Crippen LogP contribution < -0.4 is 10.1 Å². The maximum atomic E-state index is 8.98. The van der Waals surface area contributed by atoms with Gasteiger partial charge in [-0.1, -0.05) is 11.6 Å². The van der Waals surface area contributed by atoms with E-state index in [-0.39, 0.29) is 5.69 Å². The van der Waals surface area contributed by atoms with Crippen LogP contribution in [0.4, 0.5) is 11.5 Å². The Morgan fingerprint density at radius 2 is 2.05 bits per heavy atom. The van der Waals surface area contributed by atoms with Gasteiger partial charge in [-0.2, -0.15) is 5.26 Å². The molecule has 0 aliphatic carbocycles. The van der Waals surface area contributed by atoms with Crippen LogP contribution in [0.25, 0.3) is 0 Å². The van der Waals surface area contributed by atoms with Gasteiger partial charge in [0.05, 0.1) is 12.8 Å². The van der Waals surface area contributed by atoms with Gasteiger partial charge in [-0.05, 0) is 18.6 Å². The number of hydrogen-bond acceptors (Lipinski definition) is 5. The van der Waals surface area contributed by atoms with Crippen LogP contribution in [0.15, 0.2) is 24.5 Å². The Labute approximate surface area is 115 Å². The second-order valence-electron chi connectivity index (χ2n) is 3.79. The first-order chi connectivity index (χ1) is 9.15. The summed E-state index contributed by atoms with van der Waals surface area (Å²) in [5, 5.41) is 12.6. The van der Waals surface area contributed by atoms with E-state index < -0.39 is 0 Å². The van der Waals surface area contributed by atoms with Gasteiger partial charge < -0.3 is 10.1 Å². The van der Waals surface area contributed by atoms with Gasteiger partial charge in [0.15, 0.2) is 11.5 Å². The van der Waals surface area contributed by atoms with E-state index in [1.54, 1.807) is 13.2 Å². The molecule has 1 aromatic carbocycles. The summed E-state index contributed by atoms with van der Waals surface area (Å²) < 4.78 is 5.25. The van der Waals surface area contributed by atoms with E-state index in [9.17, 15) is 0 Å². The van der Waals surface area contributed by atoms with Crippen LogP contribution in [-0.2, 0) is 0 Å². The van der Waals surface area contributed by atoms with Crippen molar-refractivity contribution in [3.8, 4) is 11.8 Å². The molecule has 6 heteroatoms. The minimum Gasteiger partial charge on any atom is -0.495 e. The van der Waals surface area contributed by atoms with Gasteiger partial charge in [-0.25, -0.2) is 9.97 Å². The Morgan fingerprint density at radius 1 is 1.32 bits per heavy atom. The fraction of sp³-hybridized carbons (Fsp3) is 0.154. The molecule has 2 rings (SSSR count). The zero-order valence-corrected chi connectivity index (χ0v) is 11.2. The second-order valence-corrected chi connectivity index (χ2v) is 4.20. The number of nitriles is 1. The first kappa shape index (κ1) is 13.1. The molecule has 1 aromatic heterocycles. The first-order valence-corrected chi connectivity index (χ1v) is 5.85. The van der Waals surface area contributed by atoms with Crippen molar-refractivity contribution in [2.45, 2.75) is 6.92 Å². The number of ether oxygens (including phenoxy) is 1. The third kappa shape index (κ3) is 2.75. The van der Waals surface area contributed by atoms with Gasteiger partial charge >= 0.3 is 0 Å². The van der Waals surface area contributed by atoms with E-state index in [0.717, 1.165) is 5.56 Å². The van der Waals surface area contributed by atoms with Gasteiger partial charge in [-0.15, -0.1) is 0 Å². The molecule has 96 valence electrons. The fourth-order valence-electron chi connectivity index (χ4n) is 1.57. The average molecular weight is 275 g/mol. The lowest BCUT2D eigenvalue weighted by atomic mass is 10.2. The van der Waals surface area contributed by atoms with E-state index in [2.05, 4.69) is 15.3 Å². The Morgan fingerprint density at radius 3 is 2.74 bits per heavy atom. The molecule has 0 saturated carbocycles. The highest BCUT2D eigenvalue weighted by molar-refractivity contribution is 6.31. The molecule has 0 aliphatic rings. The lowest BCUT2D eigenvalue weighted by Crippen LogP contribution is -2.01. The minimum absolute atomic E-state index is 0.220. The van der Waals surface area contributed by atoms with Crippen molar-refractivity contribution in [1.29, 1.82) is 5.26 Å².